The average molecular weight is 286 g/mol. The summed E-state index contributed by atoms with van der Waals surface area (Å²) in [5.41, 5.74) is 4.88. The maximum Gasteiger partial charge on any atom is 0.251 e. The lowest BCUT2D eigenvalue weighted by atomic mass is 9.86. The Morgan fingerprint density at radius 1 is 1.10 bits per heavy atom. The summed E-state index contributed by atoms with van der Waals surface area (Å²) in [5.74, 6) is 1.93. The van der Waals surface area contributed by atoms with Crippen LogP contribution in [0.2, 0.25) is 0 Å². The van der Waals surface area contributed by atoms with Crippen LogP contribution in [-0.2, 0) is 19.4 Å². The molecule has 2 N–H and O–H groups in total. The molecule has 21 heavy (non-hydrogen) atoms. The molecule has 0 aromatic heterocycles. The van der Waals surface area contributed by atoms with Gasteiger partial charge in [0.15, 0.2) is 0 Å². The van der Waals surface area contributed by atoms with Crippen molar-refractivity contribution in [2.75, 3.05) is 13.1 Å². The number of hydrogen-bond acceptors (Lipinski definition) is 2. The monoisotopic (exact) mass is 286 g/mol. The van der Waals surface area contributed by atoms with Crippen LogP contribution in [0.4, 0.5) is 0 Å². The van der Waals surface area contributed by atoms with Crippen LogP contribution in [0.15, 0.2) is 12.1 Å². The minimum atomic E-state index is 0.107. The van der Waals surface area contributed by atoms with E-state index < -0.39 is 0 Å². The standard InChI is InChI=1S/C18H26N2O/c1-11(2)15-5-13-7-17-14(6-16(13)10-19-9-15)4-12(3)8-20-18(17)21/h6-7,11-12,15,19H,4-5,8-10H2,1-3H3,(H,20,21). The number of carbonyl (C=O) groups excluding carboxylic acids is 1. The molecule has 1 amide bonds. The van der Waals surface area contributed by atoms with Gasteiger partial charge >= 0.3 is 0 Å². The predicted octanol–water partition coefficient (Wildman–Crippen LogP) is 2.53. The third kappa shape index (κ3) is 2.98. The van der Waals surface area contributed by atoms with Crippen LogP contribution >= 0.6 is 0 Å². The molecule has 3 nitrogen and oxygen atoms in total. The Balaban J connectivity index is 2.00. The molecule has 2 heterocycles. The number of nitrogens with one attached hydrogen (secondary N) is 2. The second-order valence-corrected chi connectivity index (χ2v) is 7.14. The predicted molar refractivity (Wildman–Crippen MR) is 85.4 cm³/mol. The molecule has 0 saturated heterocycles. The maximum atomic E-state index is 12.3. The fourth-order valence-electron chi connectivity index (χ4n) is 3.50. The highest BCUT2D eigenvalue weighted by molar-refractivity contribution is 5.96. The summed E-state index contributed by atoms with van der Waals surface area (Å²) in [6.07, 6.45) is 2.07. The summed E-state index contributed by atoms with van der Waals surface area (Å²) in [6.45, 7) is 9.56. The number of hydrogen-bond donors (Lipinski definition) is 2. The van der Waals surface area contributed by atoms with E-state index in [-0.39, 0.29) is 5.91 Å². The summed E-state index contributed by atoms with van der Waals surface area (Å²) >= 11 is 0. The molecule has 2 unspecified atom stereocenters. The van der Waals surface area contributed by atoms with Crippen molar-refractivity contribution in [1.82, 2.24) is 10.6 Å². The summed E-state index contributed by atoms with van der Waals surface area (Å²) in [4.78, 5) is 12.3. The minimum Gasteiger partial charge on any atom is -0.352 e. The molecular weight excluding hydrogens is 260 g/mol. The third-order valence-electron chi connectivity index (χ3n) is 5.00. The van der Waals surface area contributed by atoms with Gasteiger partial charge in [-0.05, 0) is 59.9 Å². The molecule has 114 valence electrons. The van der Waals surface area contributed by atoms with Gasteiger partial charge in [0, 0.05) is 18.7 Å². The van der Waals surface area contributed by atoms with E-state index in [0.717, 1.165) is 38.0 Å². The van der Waals surface area contributed by atoms with Crippen molar-refractivity contribution < 1.29 is 4.79 Å². The van der Waals surface area contributed by atoms with E-state index in [4.69, 9.17) is 0 Å². The van der Waals surface area contributed by atoms with Gasteiger partial charge in [-0.25, -0.2) is 0 Å². The zero-order valence-electron chi connectivity index (χ0n) is 13.3. The summed E-state index contributed by atoms with van der Waals surface area (Å²) < 4.78 is 0. The van der Waals surface area contributed by atoms with Gasteiger partial charge in [0.05, 0.1) is 0 Å². The Labute approximate surface area is 127 Å². The van der Waals surface area contributed by atoms with Crippen LogP contribution in [0.1, 0.15) is 47.8 Å². The van der Waals surface area contributed by atoms with Gasteiger partial charge in [-0.3, -0.25) is 4.79 Å². The Morgan fingerprint density at radius 2 is 1.90 bits per heavy atom. The van der Waals surface area contributed by atoms with E-state index in [2.05, 4.69) is 43.5 Å². The minimum absolute atomic E-state index is 0.107. The molecule has 0 spiro atoms. The second kappa shape index (κ2) is 5.80. The van der Waals surface area contributed by atoms with Crippen molar-refractivity contribution >= 4 is 5.91 Å². The molecule has 1 aromatic rings. The second-order valence-electron chi connectivity index (χ2n) is 7.14. The van der Waals surface area contributed by atoms with Crippen molar-refractivity contribution in [3.05, 3.63) is 34.4 Å². The van der Waals surface area contributed by atoms with Gasteiger partial charge in [-0.1, -0.05) is 26.8 Å². The fraction of sp³-hybridized carbons (Fsp3) is 0.611. The van der Waals surface area contributed by atoms with Crippen LogP contribution in [0.5, 0.6) is 0 Å². The van der Waals surface area contributed by atoms with Crippen molar-refractivity contribution in [3.63, 3.8) is 0 Å². The van der Waals surface area contributed by atoms with Crippen molar-refractivity contribution in [2.45, 2.75) is 40.2 Å². The van der Waals surface area contributed by atoms with Crippen LogP contribution in [0, 0.1) is 17.8 Å². The summed E-state index contributed by atoms with van der Waals surface area (Å²) in [5, 5.41) is 6.63. The van der Waals surface area contributed by atoms with Gasteiger partial charge in [0.25, 0.3) is 5.91 Å². The van der Waals surface area contributed by atoms with Crippen LogP contribution < -0.4 is 10.6 Å². The Hall–Kier alpha value is -1.35. The highest BCUT2D eigenvalue weighted by Gasteiger charge is 2.24. The molecule has 2 aliphatic heterocycles. The Bertz CT molecular complexity index is 550. The largest absolute Gasteiger partial charge is 0.352 e. The Morgan fingerprint density at radius 3 is 2.67 bits per heavy atom. The number of amides is 1. The van der Waals surface area contributed by atoms with E-state index in [0.29, 0.717) is 17.8 Å². The summed E-state index contributed by atoms with van der Waals surface area (Å²) in [7, 11) is 0. The topological polar surface area (TPSA) is 41.1 Å². The number of carbonyl (C=O) groups is 1. The van der Waals surface area contributed by atoms with Crippen molar-refractivity contribution in [3.8, 4) is 0 Å². The van der Waals surface area contributed by atoms with Gasteiger partial charge in [-0.15, -0.1) is 0 Å². The van der Waals surface area contributed by atoms with E-state index in [1.165, 1.54) is 16.7 Å². The SMILES string of the molecule is CC1CNC(=O)c2cc3c(cc2C1)CNCC(C(C)C)C3. The number of rotatable bonds is 1. The van der Waals surface area contributed by atoms with Crippen molar-refractivity contribution in [2.24, 2.45) is 17.8 Å². The number of benzene rings is 1. The maximum absolute atomic E-state index is 12.3. The van der Waals surface area contributed by atoms with Crippen LogP contribution in [0.25, 0.3) is 0 Å². The van der Waals surface area contributed by atoms with Gasteiger partial charge in [0.1, 0.15) is 0 Å². The molecule has 0 saturated carbocycles. The van der Waals surface area contributed by atoms with E-state index in [9.17, 15) is 4.79 Å². The lowest BCUT2D eigenvalue weighted by Crippen LogP contribution is -2.26. The normalized spacial score (nSPS) is 25.6. The van der Waals surface area contributed by atoms with Gasteiger partial charge in [0.2, 0.25) is 0 Å². The van der Waals surface area contributed by atoms with Gasteiger partial charge < -0.3 is 10.6 Å². The van der Waals surface area contributed by atoms with Gasteiger partial charge in [-0.2, -0.15) is 0 Å². The Kier molecular flexibility index (Phi) is 4.03. The molecule has 0 fully saturated rings. The molecule has 2 aliphatic rings. The average Bonchev–Trinajstić information content (AvgIpc) is 2.72. The first-order valence-electron chi connectivity index (χ1n) is 8.18. The van der Waals surface area contributed by atoms with Crippen LogP contribution in [0.3, 0.4) is 0 Å². The zero-order chi connectivity index (χ0) is 15.0. The first kappa shape index (κ1) is 14.6. The molecule has 0 bridgehead atoms. The fourth-order valence-corrected chi connectivity index (χ4v) is 3.50. The molecule has 1 aromatic carbocycles. The first-order chi connectivity index (χ1) is 10.0. The lowest BCUT2D eigenvalue weighted by Gasteiger charge is -2.19. The molecule has 3 rings (SSSR count). The molecule has 0 radical (unpaired) electrons. The lowest BCUT2D eigenvalue weighted by molar-refractivity contribution is 0.0952. The third-order valence-corrected chi connectivity index (χ3v) is 5.00. The van der Waals surface area contributed by atoms with Crippen molar-refractivity contribution in [1.29, 1.82) is 0 Å². The van der Waals surface area contributed by atoms with Crippen LogP contribution in [-0.4, -0.2) is 19.0 Å². The quantitative estimate of drug-likeness (QED) is 0.833. The van der Waals surface area contributed by atoms with E-state index in [1.807, 2.05) is 0 Å². The molecule has 0 aliphatic carbocycles. The van der Waals surface area contributed by atoms with E-state index >= 15 is 0 Å². The molecule has 2 atom stereocenters. The highest BCUT2D eigenvalue weighted by atomic mass is 16.1. The molecule has 3 heteroatoms. The molecular formula is C18H26N2O. The number of fused-ring (bicyclic) bond motifs is 2. The smallest absolute Gasteiger partial charge is 0.251 e. The zero-order valence-corrected chi connectivity index (χ0v) is 13.3. The van der Waals surface area contributed by atoms with E-state index in [1.54, 1.807) is 0 Å². The summed E-state index contributed by atoms with van der Waals surface area (Å²) in [6, 6.07) is 4.45. The highest BCUT2D eigenvalue weighted by Crippen LogP contribution is 2.27. The first-order valence-corrected chi connectivity index (χ1v) is 8.18.